The summed E-state index contributed by atoms with van der Waals surface area (Å²) in [6.45, 7) is 3.19. The lowest BCUT2D eigenvalue weighted by Crippen LogP contribution is -2.23. The summed E-state index contributed by atoms with van der Waals surface area (Å²) in [6.07, 6.45) is 8.03. The van der Waals surface area contributed by atoms with E-state index in [1.54, 1.807) is 6.20 Å². The van der Waals surface area contributed by atoms with Gasteiger partial charge in [-0.1, -0.05) is 31.4 Å². The van der Waals surface area contributed by atoms with Gasteiger partial charge in [-0.3, -0.25) is 4.57 Å². The summed E-state index contributed by atoms with van der Waals surface area (Å²) in [5.74, 6) is 0.546. The predicted molar refractivity (Wildman–Crippen MR) is 78.1 cm³/mol. The van der Waals surface area contributed by atoms with Gasteiger partial charge in [0.15, 0.2) is 5.65 Å². The Balaban J connectivity index is 2.02. The molecule has 0 atom stereocenters. The highest BCUT2D eigenvalue weighted by atomic mass is 35.5. The molecule has 0 radical (unpaired) electrons. The Morgan fingerprint density at radius 3 is 2.84 bits per heavy atom. The van der Waals surface area contributed by atoms with Gasteiger partial charge in [-0.25, -0.2) is 9.97 Å². The second kappa shape index (κ2) is 4.67. The van der Waals surface area contributed by atoms with Crippen molar-refractivity contribution in [2.75, 3.05) is 5.73 Å². The number of imidazole rings is 1. The predicted octanol–water partition coefficient (Wildman–Crippen LogP) is 3.64. The van der Waals surface area contributed by atoms with Crippen molar-refractivity contribution in [3.63, 3.8) is 0 Å². The Morgan fingerprint density at radius 2 is 2.16 bits per heavy atom. The van der Waals surface area contributed by atoms with Crippen molar-refractivity contribution in [2.45, 2.75) is 45.6 Å². The second-order valence-corrected chi connectivity index (χ2v) is 6.05. The van der Waals surface area contributed by atoms with Gasteiger partial charge < -0.3 is 5.73 Å². The molecule has 0 bridgehead atoms. The number of hydrogen-bond donors (Lipinski definition) is 1. The van der Waals surface area contributed by atoms with Crippen LogP contribution in [0.15, 0.2) is 12.3 Å². The summed E-state index contributed by atoms with van der Waals surface area (Å²) in [6, 6.07) is 1.82. The largest absolute Gasteiger partial charge is 0.369 e. The Kier molecular flexibility index (Phi) is 3.13. The molecular weight excluding hydrogens is 260 g/mol. The number of nitrogens with two attached hydrogens (primary N) is 1. The van der Waals surface area contributed by atoms with Crippen LogP contribution in [0.5, 0.6) is 0 Å². The third-order valence-corrected chi connectivity index (χ3v) is 4.70. The first-order chi connectivity index (χ1) is 9.13. The minimum absolute atomic E-state index is 0.364. The van der Waals surface area contributed by atoms with E-state index in [1.165, 1.54) is 32.1 Å². The molecule has 102 valence electrons. The maximum Gasteiger partial charge on any atom is 0.202 e. The van der Waals surface area contributed by atoms with E-state index in [2.05, 4.69) is 21.5 Å². The molecule has 3 rings (SSSR count). The molecule has 0 aromatic carbocycles. The van der Waals surface area contributed by atoms with Crippen molar-refractivity contribution in [1.82, 2.24) is 14.5 Å². The van der Waals surface area contributed by atoms with E-state index in [9.17, 15) is 0 Å². The molecule has 2 N–H and O–H groups in total. The lowest BCUT2D eigenvalue weighted by molar-refractivity contribution is 0.241. The fourth-order valence-electron chi connectivity index (χ4n) is 3.24. The van der Waals surface area contributed by atoms with E-state index in [0.29, 0.717) is 16.4 Å². The molecule has 1 aliphatic carbocycles. The fourth-order valence-corrected chi connectivity index (χ4v) is 3.40. The van der Waals surface area contributed by atoms with Gasteiger partial charge in [0, 0.05) is 12.7 Å². The monoisotopic (exact) mass is 278 g/mol. The van der Waals surface area contributed by atoms with Gasteiger partial charge >= 0.3 is 0 Å². The zero-order valence-electron chi connectivity index (χ0n) is 11.2. The molecule has 2 aromatic heterocycles. The molecule has 0 saturated heterocycles. The summed E-state index contributed by atoms with van der Waals surface area (Å²) in [7, 11) is 0. The average Bonchev–Trinajstić information content (AvgIpc) is 2.96. The smallest absolute Gasteiger partial charge is 0.202 e. The van der Waals surface area contributed by atoms with Gasteiger partial charge in [-0.05, 0) is 30.7 Å². The summed E-state index contributed by atoms with van der Waals surface area (Å²) in [4.78, 5) is 8.77. The van der Waals surface area contributed by atoms with Crippen LogP contribution >= 0.6 is 11.6 Å². The molecule has 5 heteroatoms. The van der Waals surface area contributed by atoms with Gasteiger partial charge in [-0.15, -0.1) is 0 Å². The molecule has 0 aliphatic heterocycles. The van der Waals surface area contributed by atoms with Crippen LogP contribution in [0.25, 0.3) is 11.2 Å². The highest BCUT2D eigenvalue weighted by Gasteiger charge is 2.33. The van der Waals surface area contributed by atoms with Crippen LogP contribution in [0.1, 0.15) is 39.0 Å². The molecule has 1 saturated carbocycles. The first kappa shape index (κ1) is 12.7. The Bertz CT molecular complexity index is 599. The molecular formula is C14H19ClN4. The van der Waals surface area contributed by atoms with Gasteiger partial charge in [-0.2, -0.15) is 0 Å². The Labute approximate surface area is 118 Å². The molecule has 0 amide bonds. The van der Waals surface area contributed by atoms with E-state index in [1.807, 2.05) is 6.07 Å². The highest BCUT2D eigenvalue weighted by molar-refractivity contribution is 6.31. The third kappa shape index (κ3) is 2.18. The number of nitrogens with zero attached hydrogens (tertiary/aromatic N) is 3. The zero-order valence-corrected chi connectivity index (χ0v) is 12.0. The number of halogens is 1. The van der Waals surface area contributed by atoms with Gasteiger partial charge in [0.2, 0.25) is 5.95 Å². The number of anilines is 1. The number of hydrogen-bond acceptors (Lipinski definition) is 3. The first-order valence-electron chi connectivity index (χ1n) is 6.91. The summed E-state index contributed by atoms with van der Waals surface area (Å²) >= 11 is 5.95. The molecule has 4 nitrogen and oxygen atoms in total. The van der Waals surface area contributed by atoms with Crippen LogP contribution in [-0.2, 0) is 6.54 Å². The fraction of sp³-hybridized carbons (Fsp3) is 0.571. The standard InChI is InChI=1S/C14H19ClN4/c1-2-14(5-3-4-6-14)9-19-12-11(18-13(19)16)7-10(15)8-17-12/h7-8H,2-6,9H2,1H3,(H2,16,18). The van der Waals surface area contributed by atoms with Crippen LogP contribution in [0, 0.1) is 5.41 Å². The summed E-state index contributed by atoms with van der Waals surface area (Å²) in [5, 5.41) is 0.600. The third-order valence-electron chi connectivity index (χ3n) is 4.49. The van der Waals surface area contributed by atoms with Crippen LogP contribution in [-0.4, -0.2) is 14.5 Å². The zero-order chi connectivity index (χ0) is 13.5. The quantitative estimate of drug-likeness (QED) is 0.932. The number of aromatic nitrogens is 3. The number of rotatable bonds is 3. The molecule has 0 unspecified atom stereocenters. The van der Waals surface area contributed by atoms with E-state index >= 15 is 0 Å². The molecule has 1 fully saturated rings. The van der Waals surface area contributed by atoms with Gasteiger partial charge in [0.05, 0.1) is 5.02 Å². The van der Waals surface area contributed by atoms with Crippen molar-refractivity contribution in [3.05, 3.63) is 17.3 Å². The van der Waals surface area contributed by atoms with Crippen LogP contribution < -0.4 is 5.73 Å². The maximum absolute atomic E-state index is 6.06. The van der Waals surface area contributed by atoms with Crippen molar-refractivity contribution < 1.29 is 0 Å². The van der Waals surface area contributed by atoms with E-state index < -0.39 is 0 Å². The van der Waals surface area contributed by atoms with Gasteiger partial charge in [0.1, 0.15) is 5.52 Å². The summed E-state index contributed by atoms with van der Waals surface area (Å²) in [5.41, 5.74) is 8.06. The molecule has 0 spiro atoms. The summed E-state index contributed by atoms with van der Waals surface area (Å²) < 4.78 is 2.06. The van der Waals surface area contributed by atoms with Crippen molar-refractivity contribution in [1.29, 1.82) is 0 Å². The highest BCUT2D eigenvalue weighted by Crippen LogP contribution is 2.43. The van der Waals surface area contributed by atoms with E-state index in [4.69, 9.17) is 17.3 Å². The van der Waals surface area contributed by atoms with Crippen molar-refractivity contribution in [3.8, 4) is 0 Å². The maximum atomic E-state index is 6.06. The minimum Gasteiger partial charge on any atom is -0.369 e. The van der Waals surface area contributed by atoms with E-state index in [0.717, 1.165) is 17.7 Å². The molecule has 19 heavy (non-hydrogen) atoms. The molecule has 2 aromatic rings. The lowest BCUT2D eigenvalue weighted by atomic mass is 9.83. The lowest BCUT2D eigenvalue weighted by Gasteiger charge is -2.28. The van der Waals surface area contributed by atoms with Crippen LogP contribution in [0.3, 0.4) is 0 Å². The molecule has 2 heterocycles. The van der Waals surface area contributed by atoms with Gasteiger partial charge in [0.25, 0.3) is 0 Å². The second-order valence-electron chi connectivity index (χ2n) is 5.61. The van der Waals surface area contributed by atoms with Crippen LogP contribution in [0.2, 0.25) is 5.02 Å². The Morgan fingerprint density at radius 1 is 1.42 bits per heavy atom. The topological polar surface area (TPSA) is 56.7 Å². The van der Waals surface area contributed by atoms with E-state index in [-0.39, 0.29) is 0 Å². The Hall–Kier alpha value is -1.29. The number of fused-ring (bicyclic) bond motifs is 1. The number of nitrogen functional groups attached to an aromatic ring is 1. The first-order valence-corrected chi connectivity index (χ1v) is 7.29. The van der Waals surface area contributed by atoms with Crippen molar-refractivity contribution in [2.24, 2.45) is 5.41 Å². The number of pyridine rings is 1. The normalized spacial score (nSPS) is 18.2. The van der Waals surface area contributed by atoms with Crippen molar-refractivity contribution >= 4 is 28.7 Å². The average molecular weight is 279 g/mol. The van der Waals surface area contributed by atoms with Crippen LogP contribution in [0.4, 0.5) is 5.95 Å². The molecule has 1 aliphatic rings. The minimum atomic E-state index is 0.364. The SMILES string of the molecule is CCC1(Cn2c(N)nc3cc(Cl)cnc32)CCCC1.